The van der Waals surface area contributed by atoms with Crippen LogP contribution in [0.4, 0.5) is 0 Å². The van der Waals surface area contributed by atoms with Gasteiger partial charge >= 0.3 is 0 Å². The third kappa shape index (κ3) is 7.74. The van der Waals surface area contributed by atoms with E-state index in [1.165, 1.54) is 25.7 Å². The average molecular weight is 124 g/mol. The van der Waals surface area contributed by atoms with Crippen molar-refractivity contribution in [1.82, 2.24) is 0 Å². The van der Waals surface area contributed by atoms with E-state index >= 15 is 0 Å². The van der Waals surface area contributed by atoms with Crippen molar-refractivity contribution < 1.29 is 0 Å². The molecule has 0 saturated heterocycles. The lowest BCUT2D eigenvalue weighted by atomic mass is 10.1. The molecule has 0 aliphatic heterocycles. The molecule has 52 valence electrons. The highest BCUT2D eigenvalue weighted by Crippen LogP contribution is 2.04. The van der Waals surface area contributed by atoms with Crippen LogP contribution in [0.2, 0.25) is 0 Å². The van der Waals surface area contributed by atoms with Crippen molar-refractivity contribution in [3.63, 3.8) is 0 Å². The Morgan fingerprint density at radius 1 is 1.11 bits per heavy atom. The fourth-order valence-corrected chi connectivity index (χ4v) is 0.787. The molecule has 0 amide bonds. The summed E-state index contributed by atoms with van der Waals surface area (Å²) in [6.07, 6.45) is 9.02. The van der Waals surface area contributed by atoms with Gasteiger partial charge in [-0.2, -0.15) is 0 Å². The van der Waals surface area contributed by atoms with E-state index < -0.39 is 0 Å². The zero-order chi connectivity index (χ0) is 6.95. The van der Waals surface area contributed by atoms with Gasteiger partial charge in [0.25, 0.3) is 0 Å². The maximum absolute atomic E-state index is 5.32. The molecule has 0 atom stereocenters. The lowest BCUT2D eigenvalue weighted by Gasteiger charge is -1.94. The lowest BCUT2D eigenvalue weighted by molar-refractivity contribution is 0.652. The molecule has 0 bridgehead atoms. The van der Waals surface area contributed by atoms with Crippen LogP contribution in [-0.4, -0.2) is 0 Å². The quantitative estimate of drug-likeness (QED) is 0.376. The highest BCUT2D eigenvalue weighted by Gasteiger charge is 1.84. The van der Waals surface area contributed by atoms with Crippen molar-refractivity contribution in [3.8, 4) is 0 Å². The largest absolute Gasteiger partial charge is 0.103 e. The molecule has 0 rings (SSSR count). The van der Waals surface area contributed by atoms with E-state index in [0.29, 0.717) is 0 Å². The Morgan fingerprint density at radius 3 is 2.33 bits per heavy atom. The van der Waals surface area contributed by atoms with Crippen LogP contribution in [0, 0.1) is 6.92 Å². The van der Waals surface area contributed by atoms with E-state index in [2.05, 4.69) is 6.58 Å². The number of allylic oxidation sites excluding steroid dienone is 1. The molecular formula is C9H16. The van der Waals surface area contributed by atoms with E-state index in [0.717, 1.165) is 12.8 Å². The molecule has 0 heteroatoms. The molecule has 0 heterocycles. The Kier molecular flexibility index (Phi) is 7.52. The maximum Gasteiger partial charge on any atom is -0.0352 e. The van der Waals surface area contributed by atoms with E-state index in [1.54, 1.807) is 0 Å². The Morgan fingerprint density at radius 2 is 1.78 bits per heavy atom. The van der Waals surface area contributed by atoms with Crippen LogP contribution in [0.25, 0.3) is 0 Å². The smallest absolute Gasteiger partial charge is 0.0352 e. The Labute approximate surface area is 59.0 Å². The fourth-order valence-electron chi connectivity index (χ4n) is 0.787. The molecule has 0 aromatic carbocycles. The number of hydrogen-bond acceptors (Lipinski definition) is 0. The third-order valence-electron chi connectivity index (χ3n) is 1.36. The number of unbranched alkanes of at least 4 members (excludes halogenated alkanes) is 5. The number of rotatable bonds is 6. The first-order chi connectivity index (χ1) is 4.41. The van der Waals surface area contributed by atoms with Crippen molar-refractivity contribution in [3.05, 3.63) is 19.6 Å². The van der Waals surface area contributed by atoms with Crippen molar-refractivity contribution in [2.24, 2.45) is 0 Å². The number of hydrogen-bond donors (Lipinski definition) is 0. The maximum atomic E-state index is 5.32. The molecule has 0 N–H and O–H groups in total. The standard InChI is InChI=1S/C9H16/c1-3-5-7-9-8-6-4-2/h1,4H,2-3,5-9H2. The van der Waals surface area contributed by atoms with Gasteiger partial charge in [-0.15, -0.1) is 6.58 Å². The van der Waals surface area contributed by atoms with Crippen molar-refractivity contribution >= 4 is 0 Å². The predicted octanol–water partition coefficient (Wildman–Crippen LogP) is 3.22. The van der Waals surface area contributed by atoms with Crippen molar-refractivity contribution in [2.75, 3.05) is 0 Å². The summed E-state index contributed by atoms with van der Waals surface area (Å²) in [5, 5.41) is 0. The zero-order valence-electron chi connectivity index (χ0n) is 6.10. The van der Waals surface area contributed by atoms with Gasteiger partial charge in [0.1, 0.15) is 0 Å². The van der Waals surface area contributed by atoms with Crippen LogP contribution in [0.3, 0.4) is 0 Å². The van der Waals surface area contributed by atoms with Crippen molar-refractivity contribution in [2.45, 2.75) is 38.5 Å². The van der Waals surface area contributed by atoms with Crippen LogP contribution >= 0.6 is 0 Å². The van der Waals surface area contributed by atoms with Crippen LogP contribution in [0.5, 0.6) is 0 Å². The molecular weight excluding hydrogens is 108 g/mol. The molecule has 0 spiro atoms. The summed E-state index contributed by atoms with van der Waals surface area (Å²) >= 11 is 0. The van der Waals surface area contributed by atoms with Crippen molar-refractivity contribution in [1.29, 1.82) is 0 Å². The fraction of sp³-hybridized carbons (Fsp3) is 0.667. The van der Waals surface area contributed by atoms with Gasteiger partial charge < -0.3 is 0 Å². The monoisotopic (exact) mass is 124 g/mol. The minimum atomic E-state index is 0.841. The highest BCUT2D eigenvalue weighted by molar-refractivity contribution is 4.65. The summed E-state index contributed by atoms with van der Waals surface area (Å²) in [4.78, 5) is 0. The minimum absolute atomic E-state index is 0.841. The molecule has 0 aliphatic carbocycles. The summed E-state index contributed by atoms with van der Waals surface area (Å²) in [6.45, 7) is 8.98. The van der Waals surface area contributed by atoms with Gasteiger partial charge in [-0.05, 0) is 26.2 Å². The lowest BCUT2D eigenvalue weighted by Crippen LogP contribution is -1.74. The van der Waals surface area contributed by atoms with Gasteiger partial charge in [0.15, 0.2) is 0 Å². The highest BCUT2D eigenvalue weighted by atomic mass is 13.9. The normalized spacial score (nSPS) is 9.44. The van der Waals surface area contributed by atoms with Gasteiger partial charge in [0.2, 0.25) is 0 Å². The van der Waals surface area contributed by atoms with E-state index in [9.17, 15) is 0 Å². The summed E-state index contributed by atoms with van der Waals surface area (Å²) in [7, 11) is 0. The second-order valence-electron chi connectivity index (χ2n) is 2.28. The van der Waals surface area contributed by atoms with Crippen LogP contribution < -0.4 is 0 Å². The third-order valence-corrected chi connectivity index (χ3v) is 1.36. The molecule has 2 radical (unpaired) electrons. The summed E-state index contributed by atoms with van der Waals surface area (Å²) in [6, 6.07) is 0. The van der Waals surface area contributed by atoms with Crippen LogP contribution in [-0.2, 0) is 0 Å². The Bertz CT molecular complexity index is 55.1. The van der Waals surface area contributed by atoms with E-state index in [1.807, 2.05) is 6.08 Å². The first-order valence-corrected chi connectivity index (χ1v) is 3.72. The van der Waals surface area contributed by atoms with E-state index in [4.69, 9.17) is 6.92 Å². The molecule has 0 fully saturated rings. The first-order valence-electron chi connectivity index (χ1n) is 3.72. The minimum Gasteiger partial charge on any atom is -0.103 e. The average Bonchev–Trinajstić information content (AvgIpc) is 1.89. The van der Waals surface area contributed by atoms with Gasteiger partial charge in [0, 0.05) is 0 Å². The topological polar surface area (TPSA) is 0 Å². The Hall–Kier alpha value is -0.260. The molecule has 0 aromatic rings. The van der Waals surface area contributed by atoms with Gasteiger partial charge in [0.05, 0.1) is 0 Å². The summed E-state index contributed by atoms with van der Waals surface area (Å²) in [5.74, 6) is 0. The zero-order valence-corrected chi connectivity index (χ0v) is 6.10. The van der Waals surface area contributed by atoms with Gasteiger partial charge in [-0.3, -0.25) is 0 Å². The molecule has 0 nitrogen and oxygen atoms in total. The summed E-state index contributed by atoms with van der Waals surface area (Å²) in [5.41, 5.74) is 0. The first kappa shape index (κ1) is 8.74. The van der Waals surface area contributed by atoms with Gasteiger partial charge in [-0.1, -0.05) is 25.3 Å². The molecule has 9 heavy (non-hydrogen) atoms. The van der Waals surface area contributed by atoms with Gasteiger partial charge in [-0.25, -0.2) is 0 Å². The summed E-state index contributed by atoms with van der Waals surface area (Å²) < 4.78 is 0. The van der Waals surface area contributed by atoms with E-state index in [-0.39, 0.29) is 0 Å². The predicted molar refractivity (Wildman–Crippen MR) is 42.2 cm³/mol. The molecule has 0 saturated carbocycles. The SMILES string of the molecule is [CH]CCCCCCC=C. The second kappa shape index (κ2) is 7.74. The Balaban J connectivity index is 2.66. The molecule has 0 aliphatic rings. The second-order valence-corrected chi connectivity index (χ2v) is 2.28. The van der Waals surface area contributed by atoms with Crippen LogP contribution in [0.1, 0.15) is 38.5 Å². The molecule has 0 aromatic heterocycles. The molecule has 0 unspecified atom stereocenters. The van der Waals surface area contributed by atoms with Crippen LogP contribution in [0.15, 0.2) is 12.7 Å².